The number of aryl methyl sites for hydroxylation is 2. The molecule has 1 amide bonds. The Balaban J connectivity index is 1.69. The second-order valence-corrected chi connectivity index (χ2v) is 8.10. The van der Waals surface area contributed by atoms with Crippen molar-refractivity contribution in [1.29, 1.82) is 0 Å². The number of benzene rings is 1. The van der Waals surface area contributed by atoms with E-state index in [1.54, 1.807) is 11.6 Å². The Labute approximate surface area is 177 Å². The SMILES string of the molecule is C=CCn1c(SCC(=O)Nc2nncs2)nnc1C(C)Oc1ccc(C)c(C)c1. The average molecular weight is 431 g/mol. The fourth-order valence-corrected chi connectivity index (χ4v) is 3.78. The number of amides is 1. The van der Waals surface area contributed by atoms with Gasteiger partial charge < -0.3 is 4.74 Å². The molecule has 0 aliphatic rings. The number of ether oxygens (including phenoxy) is 1. The number of nitrogens with one attached hydrogen (secondary N) is 1. The van der Waals surface area contributed by atoms with Crippen LogP contribution in [0.25, 0.3) is 0 Å². The van der Waals surface area contributed by atoms with Gasteiger partial charge in [0.25, 0.3) is 0 Å². The number of hydrogen-bond donors (Lipinski definition) is 1. The molecule has 0 radical (unpaired) electrons. The van der Waals surface area contributed by atoms with Crippen LogP contribution in [0.1, 0.15) is 30.0 Å². The van der Waals surface area contributed by atoms with E-state index in [0.29, 0.717) is 22.7 Å². The van der Waals surface area contributed by atoms with Gasteiger partial charge in [0.15, 0.2) is 17.1 Å². The summed E-state index contributed by atoms with van der Waals surface area (Å²) in [6.07, 6.45) is 1.45. The van der Waals surface area contributed by atoms with E-state index in [0.717, 1.165) is 5.75 Å². The first-order valence-corrected chi connectivity index (χ1v) is 10.8. The van der Waals surface area contributed by atoms with Crippen LogP contribution in [0.4, 0.5) is 5.13 Å². The van der Waals surface area contributed by atoms with E-state index < -0.39 is 0 Å². The van der Waals surface area contributed by atoms with Gasteiger partial charge >= 0.3 is 0 Å². The predicted molar refractivity (Wildman–Crippen MR) is 114 cm³/mol. The Kier molecular flexibility index (Phi) is 6.99. The number of thioether (sulfide) groups is 1. The maximum Gasteiger partial charge on any atom is 0.236 e. The zero-order valence-electron chi connectivity index (χ0n) is 16.5. The summed E-state index contributed by atoms with van der Waals surface area (Å²) in [5, 5.41) is 19.8. The largest absolute Gasteiger partial charge is 0.483 e. The molecule has 10 heteroatoms. The zero-order chi connectivity index (χ0) is 20.8. The summed E-state index contributed by atoms with van der Waals surface area (Å²) >= 11 is 2.56. The van der Waals surface area contributed by atoms with E-state index in [1.807, 2.05) is 29.7 Å². The van der Waals surface area contributed by atoms with Gasteiger partial charge in [-0.2, -0.15) is 0 Å². The normalized spacial score (nSPS) is 11.8. The lowest BCUT2D eigenvalue weighted by atomic mass is 10.1. The smallest absolute Gasteiger partial charge is 0.236 e. The third-order valence-electron chi connectivity index (χ3n) is 4.15. The number of rotatable bonds is 9. The van der Waals surface area contributed by atoms with Crippen LogP contribution in [0.5, 0.6) is 5.75 Å². The topological polar surface area (TPSA) is 94.8 Å². The van der Waals surface area contributed by atoms with E-state index in [1.165, 1.54) is 34.2 Å². The van der Waals surface area contributed by atoms with Crippen molar-refractivity contribution in [1.82, 2.24) is 25.0 Å². The summed E-state index contributed by atoms with van der Waals surface area (Å²) in [7, 11) is 0. The number of nitrogens with zero attached hydrogens (tertiary/aromatic N) is 5. The van der Waals surface area contributed by atoms with Crippen LogP contribution in [0.2, 0.25) is 0 Å². The summed E-state index contributed by atoms with van der Waals surface area (Å²) in [4.78, 5) is 12.1. The first-order valence-electron chi connectivity index (χ1n) is 8.94. The third-order valence-corrected chi connectivity index (χ3v) is 5.72. The standard InChI is InChI=1S/C19H22N6O2S2/c1-5-8-25-17(14(4)27-15-7-6-12(2)13(3)9-15)22-24-19(25)28-10-16(26)21-18-23-20-11-29-18/h5-7,9,11,14H,1,8,10H2,2-4H3,(H,21,23,26). The van der Waals surface area contributed by atoms with E-state index in [9.17, 15) is 4.79 Å². The molecule has 1 unspecified atom stereocenters. The Morgan fingerprint density at radius 3 is 2.86 bits per heavy atom. The van der Waals surface area contributed by atoms with Gasteiger partial charge in [0.2, 0.25) is 11.0 Å². The molecule has 1 N–H and O–H groups in total. The number of allylic oxidation sites excluding steroid dienone is 1. The summed E-state index contributed by atoms with van der Waals surface area (Å²) in [6, 6.07) is 5.98. The van der Waals surface area contributed by atoms with Gasteiger partial charge in [0.1, 0.15) is 11.3 Å². The molecule has 0 spiro atoms. The van der Waals surface area contributed by atoms with Gasteiger partial charge in [-0.25, -0.2) is 0 Å². The Bertz CT molecular complexity index is 987. The van der Waals surface area contributed by atoms with Gasteiger partial charge in [-0.3, -0.25) is 14.7 Å². The fourth-order valence-electron chi connectivity index (χ4n) is 2.57. The average Bonchev–Trinajstić information content (AvgIpc) is 3.33. The molecule has 3 rings (SSSR count). The highest BCUT2D eigenvalue weighted by Crippen LogP contribution is 2.26. The summed E-state index contributed by atoms with van der Waals surface area (Å²) in [6.45, 7) is 10.4. The number of anilines is 1. The molecule has 3 aromatic rings. The van der Waals surface area contributed by atoms with E-state index in [2.05, 4.69) is 46.1 Å². The van der Waals surface area contributed by atoms with Gasteiger partial charge in [-0.15, -0.1) is 27.0 Å². The minimum Gasteiger partial charge on any atom is -0.483 e. The molecule has 1 aromatic carbocycles. The molecule has 0 aliphatic heterocycles. The van der Waals surface area contributed by atoms with Crippen molar-refractivity contribution in [2.75, 3.05) is 11.1 Å². The second-order valence-electron chi connectivity index (χ2n) is 6.33. The summed E-state index contributed by atoms with van der Waals surface area (Å²) < 4.78 is 7.98. The van der Waals surface area contributed by atoms with Crippen molar-refractivity contribution in [3.63, 3.8) is 0 Å². The zero-order valence-corrected chi connectivity index (χ0v) is 18.1. The van der Waals surface area contributed by atoms with Gasteiger partial charge in [-0.05, 0) is 44.0 Å². The van der Waals surface area contributed by atoms with Crippen molar-refractivity contribution < 1.29 is 9.53 Å². The molecule has 0 fully saturated rings. The molecule has 29 heavy (non-hydrogen) atoms. The molecule has 2 heterocycles. The van der Waals surface area contributed by atoms with Crippen molar-refractivity contribution in [2.45, 2.75) is 38.6 Å². The lowest BCUT2D eigenvalue weighted by molar-refractivity contribution is -0.113. The highest BCUT2D eigenvalue weighted by Gasteiger charge is 2.20. The molecule has 0 aliphatic carbocycles. The highest BCUT2D eigenvalue weighted by atomic mass is 32.2. The molecule has 0 saturated carbocycles. The summed E-state index contributed by atoms with van der Waals surface area (Å²) in [5.74, 6) is 1.46. The third kappa shape index (κ3) is 5.42. The first-order chi connectivity index (χ1) is 14.0. The van der Waals surface area contributed by atoms with Crippen LogP contribution in [0.3, 0.4) is 0 Å². The first kappa shape index (κ1) is 21.0. The van der Waals surface area contributed by atoms with Crippen molar-refractivity contribution >= 4 is 34.1 Å². The van der Waals surface area contributed by atoms with Gasteiger partial charge in [0, 0.05) is 6.54 Å². The molecule has 8 nitrogen and oxygen atoms in total. The van der Waals surface area contributed by atoms with Gasteiger partial charge in [-0.1, -0.05) is 35.2 Å². The van der Waals surface area contributed by atoms with Crippen LogP contribution in [0, 0.1) is 13.8 Å². The van der Waals surface area contributed by atoms with Gasteiger partial charge in [0.05, 0.1) is 5.75 Å². The van der Waals surface area contributed by atoms with Crippen LogP contribution < -0.4 is 10.1 Å². The lowest BCUT2D eigenvalue weighted by Crippen LogP contribution is -2.15. The number of carbonyl (C=O) groups excluding carboxylic acids is 1. The van der Waals surface area contributed by atoms with Crippen LogP contribution in [-0.2, 0) is 11.3 Å². The monoisotopic (exact) mass is 430 g/mol. The second kappa shape index (κ2) is 9.66. The Morgan fingerprint density at radius 1 is 1.34 bits per heavy atom. The minimum absolute atomic E-state index is 0.180. The highest BCUT2D eigenvalue weighted by molar-refractivity contribution is 7.99. The van der Waals surface area contributed by atoms with Crippen LogP contribution in [-0.4, -0.2) is 36.6 Å². The van der Waals surface area contributed by atoms with Crippen LogP contribution >= 0.6 is 23.1 Å². The van der Waals surface area contributed by atoms with Crippen LogP contribution in [0.15, 0.2) is 41.5 Å². The van der Waals surface area contributed by atoms with Crippen molar-refractivity contribution in [3.05, 3.63) is 53.3 Å². The maximum atomic E-state index is 12.1. The predicted octanol–water partition coefficient (Wildman–Crippen LogP) is 3.80. The van der Waals surface area contributed by atoms with E-state index in [4.69, 9.17) is 4.74 Å². The number of aromatic nitrogens is 5. The number of hydrogen-bond acceptors (Lipinski definition) is 8. The molecule has 1 atom stereocenters. The molecule has 0 saturated heterocycles. The molecule has 0 bridgehead atoms. The van der Waals surface area contributed by atoms with Crippen molar-refractivity contribution in [2.24, 2.45) is 0 Å². The molecule has 2 aromatic heterocycles. The van der Waals surface area contributed by atoms with Crippen molar-refractivity contribution in [3.8, 4) is 5.75 Å². The fraction of sp³-hybridized carbons (Fsp3) is 0.316. The minimum atomic E-state index is -0.311. The quantitative estimate of drug-likeness (QED) is 0.407. The number of carbonyl (C=O) groups is 1. The molecular weight excluding hydrogens is 408 g/mol. The Morgan fingerprint density at radius 2 is 2.17 bits per heavy atom. The summed E-state index contributed by atoms with van der Waals surface area (Å²) in [5.41, 5.74) is 3.94. The lowest BCUT2D eigenvalue weighted by Gasteiger charge is -2.16. The maximum absolute atomic E-state index is 12.1. The van der Waals surface area contributed by atoms with E-state index in [-0.39, 0.29) is 17.8 Å². The molecule has 152 valence electrons. The van der Waals surface area contributed by atoms with E-state index >= 15 is 0 Å². The molecular formula is C19H22N6O2S2. The Hall–Kier alpha value is -2.72.